The number of rotatable bonds is 5. The molecule has 0 aliphatic carbocycles. The fourth-order valence-corrected chi connectivity index (χ4v) is 3.15. The van der Waals surface area contributed by atoms with Crippen LogP contribution < -0.4 is 15.6 Å². The van der Waals surface area contributed by atoms with Crippen molar-refractivity contribution in [3.63, 3.8) is 0 Å². The molecule has 0 bridgehead atoms. The van der Waals surface area contributed by atoms with E-state index in [1.54, 1.807) is 10.8 Å². The number of halogens is 3. The molecule has 0 aliphatic rings. The number of sulfonamides is 1. The number of hydrazine groups is 1. The Balaban J connectivity index is 1.93. The molecule has 2 aromatic rings. The lowest BCUT2D eigenvalue weighted by Gasteiger charge is -2.10. The summed E-state index contributed by atoms with van der Waals surface area (Å²) in [5.41, 5.74) is 4.16. The van der Waals surface area contributed by atoms with E-state index in [1.807, 2.05) is 10.9 Å². The Hall–Kier alpha value is -2.56. The van der Waals surface area contributed by atoms with Crippen molar-refractivity contribution in [3.05, 3.63) is 64.7 Å². The Morgan fingerprint density at radius 1 is 1.00 bits per heavy atom. The van der Waals surface area contributed by atoms with Gasteiger partial charge in [-0.2, -0.15) is 0 Å². The van der Waals surface area contributed by atoms with Crippen LogP contribution in [0, 0.1) is 11.6 Å². The first kappa shape index (κ1) is 19.8. The van der Waals surface area contributed by atoms with E-state index in [1.165, 1.54) is 18.2 Å². The van der Waals surface area contributed by atoms with Crippen LogP contribution in [-0.4, -0.2) is 26.8 Å². The summed E-state index contributed by atoms with van der Waals surface area (Å²) in [5.74, 6) is -4.25. The molecule has 26 heavy (non-hydrogen) atoms. The van der Waals surface area contributed by atoms with E-state index in [0.717, 1.165) is 18.2 Å². The normalized spacial score (nSPS) is 11.0. The summed E-state index contributed by atoms with van der Waals surface area (Å²) in [4.78, 5) is 22.2. The van der Waals surface area contributed by atoms with Crippen molar-refractivity contribution in [3.8, 4) is 0 Å². The summed E-state index contributed by atoms with van der Waals surface area (Å²) < 4.78 is 52.6. The van der Waals surface area contributed by atoms with Crippen LogP contribution in [0.3, 0.4) is 0 Å². The molecule has 0 heterocycles. The van der Waals surface area contributed by atoms with Crippen LogP contribution in [0.2, 0.25) is 5.02 Å². The summed E-state index contributed by atoms with van der Waals surface area (Å²) in [7, 11) is -4.60. The molecule has 0 aromatic heterocycles. The Kier molecular flexibility index (Phi) is 6.24. The number of hydrogen-bond acceptors (Lipinski definition) is 4. The first-order valence-corrected chi connectivity index (χ1v) is 8.85. The fraction of sp³-hybridized carbons (Fsp3) is 0.0667. The Morgan fingerprint density at radius 3 is 2.23 bits per heavy atom. The maximum atomic E-state index is 13.5. The largest absolute Gasteiger partial charge is 0.272 e. The first-order chi connectivity index (χ1) is 12.2. The zero-order valence-corrected chi connectivity index (χ0v) is 14.5. The number of hydrogen-bond donors (Lipinski definition) is 3. The second kappa shape index (κ2) is 8.21. The minimum absolute atomic E-state index is 0.159. The van der Waals surface area contributed by atoms with E-state index in [9.17, 15) is 26.8 Å². The highest BCUT2D eigenvalue weighted by atomic mass is 35.5. The lowest BCUT2D eigenvalue weighted by molar-refractivity contribution is -0.120. The van der Waals surface area contributed by atoms with Gasteiger partial charge < -0.3 is 0 Å². The van der Waals surface area contributed by atoms with Crippen LogP contribution in [0.5, 0.6) is 0 Å². The van der Waals surface area contributed by atoms with Gasteiger partial charge in [0.15, 0.2) is 4.90 Å². The Morgan fingerprint density at radius 2 is 1.62 bits per heavy atom. The number of amides is 2. The zero-order valence-electron chi connectivity index (χ0n) is 12.9. The predicted molar refractivity (Wildman–Crippen MR) is 88.6 cm³/mol. The molecule has 0 spiro atoms. The third-order valence-corrected chi connectivity index (χ3v) is 4.70. The van der Waals surface area contributed by atoms with Crippen molar-refractivity contribution in [2.75, 3.05) is 6.54 Å². The predicted octanol–water partition coefficient (Wildman–Crippen LogP) is 1.36. The van der Waals surface area contributed by atoms with Gasteiger partial charge in [0.05, 0.1) is 6.54 Å². The highest BCUT2D eigenvalue weighted by Gasteiger charge is 2.24. The summed E-state index contributed by atoms with van der Waals surface area (Å²) in [6.07, 6.45) is 0. The van der Waals surface area contributed by atoms with Crippen molar-refractivity contribution in [1.82, 2.24) is 15.6 Å². The van der Waals surface area contributed by atoms with Gasteiger partial charge in [0.25, 0.3) is 11.8 Å². The van der Waals surface area contributed by atoms with Crippen LogP contribution in [0.15, 0.2) is 47.4 Å². The third-order valence-electron chi connectivity index (χ3n) is 3.01. The van der Waals surface area contributed by atoms with Crippen molar-refractivity contribution in [2.45, 2.75) is 4.90 Å². The van der Waals surface area contributed by atoms with Gasteiger partial charge in [-0.1, -0.05) is 23.7 Å². The highest BCUT2D eigenvalue weighted by molar-refractivity contribution is 7.89. The molecule has 0 unspecified atom stereocenters. The van der Waals surface area contributed by atoms with Crippen molar-refractivity contribution in [2.24, 2.45) is 0 Å². The van der Waals surface area contributed by atoms with Gasteiger partial charge in [-0.15, -0.1) is 0 Å². The number of carbonyl (C=O) groups excluding carboxylic acids is 2. The van der Waals surface area contributed by atoms with Crippen molar-refractivity contribution in [1.29, 1.82) is 0 Å². The molecule has 7 nitrogen and oxygen atoms in total. The summed E-state index contributed by atoms with van der Waals surface area (Å²) >= 11 is 5.73. The monoisotopic (exact) mass is 403 g/mol. The summed E-state index contributed by atoms with van der Waals surface area (Å²) in [5, 5.41) is 0.309. The second-order valence-electron chi connectivity index (χ2n) is 4.89. The molecule has 138 valence electrons. The van der Waals surface area contributed by atoms with Crippen LogP contribution in [0.1, 0.15) is 10.4 Å². The Labute approximate surface area is 152 Å². The van der Waals surface area contributed by atoms with E-state index in [2.05, 4.69) is 0 Å². The fourth-order valence-electron chi connectivity index (χ4n) is 1.84. The molecule has 0 saturated carbocycles. The van der Waals surface area contributed by atoms with E-state index in [0.29, 0.717) is 5.02 Å². The van der Waals surface area contributed by atoms with Crippen LogP contribution >= 0.6 is 11.6 Å². The molecule has 3 N–H and O–H groups in total. The standard InChI is InChI=1S/C15H12ClF2N3O4S/c16-10-4-1-3-9(7-10)15(23)21-20-13(22)8-19-26(24,25)14-11(17)5-2-6-12(14)18/h1-7,19H,8H2,(H,20,22)(H,21,23). The molecule has 0 aliphatic heterocycles. The Bertz CT molecular complexity index is 933. The van der Waals surface area contributed by atoms with Crippen molar-refractivity contribution < 1.29 is 26.8 Å². The van der Waals surface area contributed by atoms with E-state index in [4.69, 9.17) is 11.6 Å². The smallest absolute Gasteiger partial charge is 0.269 e. The first-order valence-electron chi connectivity index (χ1n) is 6.99. The van der Waals surface area contributed by atoms with E-state index in [-0.39, 0.29) is 5.56 Å². The molecule has 0 saturated heterocycles. The van der Waals surface area contributed by atoms with E-state index < -0.39 is 44.9 Å². The molecule has 0 fully saturated rings. The number of nitrogens with one attached hydrogen (secondary N) is 3. The lowest BCUT2D eigenvalue weighted by Crippen LogP contribution is -2.46. The number of carbonyl (C=O) groups is 2. The molecular formula is C15H12ClF2N3O4S. The quantitative estimate of drug-likeness (QED) is 0.655. The van der Waals surface area contributed by atoms with Gasteiger partial charge in [-0.25, -0.2) is 21.9 Å². The summed E-state index contributed by atoms with van der Waals surface area (Å²) in [6, 6.07) is 8.40. The zero-order chi connectivity index (χ0) is 19.3. The van der Waals surface area contributed by atoms with Crippen LogP contribution in [0.25, 0.3) is 0 Å². The molecule has 0 atom stereocenters. The third kappa shape index (κ3) is 4.97. The van der Waals surface area contributed by atoms with Crippen LogP contribution in [0.4, 0.5) is 8.78 Å². The van der Waals surface area contributed by atoms with Crippen LogP contribution in [-0.2, 0) is 14.8 Å². The van der Waals surface area contributed by atoms with Gasteiger partial charge >= 0.3 is 0 Å². The maximum Gasteiger partial charge on any atom is 0.269 e. The lowest BCUT2D eigenvalue weighted by atomic mass is 10.2. The molecule has 11 heteroatoms. The van der Waals surface area contributed by atoms with Gasteiger partial charge in [0.1, 0.15) is 11.6 Å². The second-order valence-corrected chi connectivity index (χ2v) is 7.03. The molecular weight excluding hydrogens is 392 g/mol. The summed E-state index contributed by atoms with van der Waals surface area (Å²) in [6.45, 7) is -0.855. The van der Waals surface area contributed by atoms with Gasteiger partial charge in [-0.05, 0) is 30.3 Å². The van der Waals surface area contributed by atoms with Gasteiger partial charge in [0.2, 0.25) is 10.0 Å². The topological polar surface area (TPSA) is 104 Å². The molecule has 0 radical (unpaired) electrons. The molecule has 2 rings (SSSR count). The maximum absolute atomic E-state index is 13.5. The molecule has 2 aromatic carbocycles. The van der Waals surface area contributed by atoms with Crippen molar-refractivity contribution >= 4 is 33.4 Å². The highest BCUT2D eigenvalue weighted by Crippen LogP contribution is 2.17. The SMILES string of the molecule is O=C(CNS(=O)(=O)c1c(F)cccc1F)NNC(=O)c1cccc(Cl)c1. The van der Waals surface area contributed by atoms with Gasteiger partial charge in [-0.3, -0.25) is 20.4 Å². The minimum atomic E-state index is -4.60. The average molecular weight is 404 g/mol. The van der Waals surface area contributed by atoms with Gasteiger partial charge in [0, 0.05) is 10.6 Å². The molecule has 2 amide bonds. The number of benzene rings is 2. The minimum Gasteiger partial charge on any atom is -0.272 e. The average Bonchev–Trinajstić information content (AvgIpc) is 2.57. The van der Waals surface area contributed by atoms with E-state index >= 15 is 0 Å².